The summed E-state index contributed by atoms with van der Waals surface area (Å²) in [4.78, 5) is 28.9. The van der Waals surface area contributed by atoms with Gasteiger partial charge in [0.25, 0.3) is 10.0 Å². The molecule has 0 fully saturated rings. The molecule has 40 heavy (non-hydrogen) atoms. The molecule has 0 radical (unpaired) electrons. The Morgan fingerprint density at radius 3 is 2.02 bits per heavy atom. The molecule has 2 amide bonds. The highest BCUT2D eigenvalue weighted by Crippen LogP contribution is 2.25. The molecule has 3 aromatic carbocycles. The average molecular weight is 584 g/mol. The van der Waals surface area contributed by atoms with Crippen molar-refractivity contribution in [2.24, 2.45) is 5.92 Å². The van der Waals surface area contributed by atoms with Crippen LogP contribution in [-0.2, 0) is 32.6 Å². The lowest BCUT2D eigenvalue weighted by atomic mass is 10.1. The summed E-state index contributed by atoms with van der Waals surface area (Å²) in [5.41, 5.74) is 2.19. The predicted octanol–water partition coefficient (Wildman–Crippen LogP) is 5.68. The van der Waals surface area contributed by atoms with Crippen molar-refractivity contribution in [3.63, 3.8) is 0 Å². The van der Waals surface area contributed by atoms with Gasteiger partial charge in [0.05, 0.1) is 10.6 Å². The van der Waals surface area contributed by atoms with E-state index in [4.69, 9.17) is 11.6 Å². The first kappa shape index (κ1) is 31.2. The fourth-order valence-corrected chi connectivity index (χ4v) is 5.84. The monoisotopic (exact) mass is 583 g/mol. The topological polar surface area (TPSA) is 86.8 Å². The number of carbonyl (C=O) groups is 2. The molecule has 0 heterocycles. The van der Waals surface area contributed by atoms with Gasteiger partial charge in [-0.15, -0.1) is 0 Å². The van der Waals surface area contributed by atoms with Crippen LogP contribution in [0.3, 0.4) is 0 Å². The largest absolute Gasteiger partial charge is 0.354 e. The summed E-state index contributed by atoms with van der Waals surface area (Å²) in [6, 6.07) is 21.4. The lowest BCUT2D eigenvalue weighted by Gasteiger charge is -2.33. The number of sulfonamides is 1. The zero-order valence-corrected chi connectivity index (χ0v) is 25.1. The number of hydrogen-bond acceptors (Lipinski definition) is 4. The van der Waals surface area contributed by atoms with E-state index >= 15 is 0 Å². The Hall–Kier alpha value is -3.36. The molecule has 0 aliphatic carbocycles. The first-order valence-corrected chi connectivity index (χ1v) is 15.4. The Kier molecular flexibility index (Phi) is 11.2. The number of nitrogens with zero attached hydrogens (tertiary/aromatic N) is 2. The van der Waals surface area contributed by atoms with Crippen molar-refractivity contribution >= 4 is 39.1 Å². The van der Waals surface area contributed by atoms with Crippen molar-refractivity contribution in [1.29, 1.82) is 0 Å². The van der Waals surface area contributed by atoms with Gasteiger partial charge in [0.2, 0.25) is 11.8 Å². The van der Waals surface area contributed by atoms with Crippen LogP contribution < -0.4 is 9.62 Å². The van der Waals surface area contributed by atoms with Gasteiger partial charge in [-0.25, -0.2) is 8.42 Å². The Morgan fingerprint density at radius 1 is 0.875 bits per heavy atom. The van der Waals surface area contributed by atoms with Crippen LogP contribution in [0.2, 0.25) is 5.02 Å². The molecule has 1 atom stereocenters. The molecular weight excluding hydrogens is 546 g/mol. The lowest BCUT2D eigenvalue weighted by Crippen LogP contribution is -2.52. The molecule has 0 saturated carbocycles. The van der Waals surface area contributed by atoms with Gasteiger partial charge in [0.15, 0.2) is 0 Å². The van der Waals surface area contributed by atoms with Crippen molar-refractivity contribution < 1.29 is 18.0 Å². The number of nitrogens with one attached hydrogen (secondary N) is 1. The van der Waals surface area contributed by atoms with Crippen molar-refractivity contribution in [2.45, 2.75) is 58.0 Å². The molecule has 0 aliphatic rings. The van der Waals surface area contributed by atoms with E-state index in [0.29, 0.717) is 23.7 Å². The van der Waals surface area contributed by atoms with Crippen LogP contribution in [0.1, 0.15) is 45.2 Å². The minimum atomic E-state index is -4.09. The molecule has 0 unspecified atom stereocenters. The molecule has 1 N–H and O–H groups in total. The highest BCUT2D eigenvalue weighted by atomic mass is 35.5. The number of aryl methyl sites for hydroxylation is 1. The molecule has 3 aromatic rings. The summed E-state index contributed by atoms with van der Waals surface area (Å²) in [5.74, 6) is -0.525. The van der Waals surface area contributed by atoms with Gasteiger partial charge in [-0.3, -0.25) is 13.9 Å². The standard InChI is InChI=1S/C31H38ClN3O4S/c1-5-24-14-18-27(19-15-24)35(40(38,39)28-10-8-7-9-11-28)22-30(36)34(21-25-12-16-26(32)17-13-25)29(6-2)31(37)33-20-23(3)4/h7-19,23,29H,5-6,20-22H2,1-4H3,(H,33,37)/t29-/m0/s1. The van der Waals surface area contributed by atoms with E-state index < -0.39 is 28.5 Å². The van der Waals surface area contributed by atoms with Crippen LogP contribution in [0, 0.1) is 5.92 Å². The van der Waals surface area contributed by atoms with Crippen molar-refractivity contribution in [3.8, 4) is 0 Å². The third-order valence-electron chi connectivity index (χ3n) is 6.58. The molecule has 214 valence electrons. The maximum Gasteiger partial charge on any atom is 0.264 e. The fourth-order valence-electron chi connectivity index (χ4n) is 4.27. The maximum absolute atomic E-state index is 14.1. The van der Waals surface area contributed by atoms with E-state index in [9.17, 15) is 18.0 Å². The smallest absolute Gasteiger partial charge is 0.264 e. The first-order chi connectivity index (χ1) is 19.1. The van der Waals surface area contributed by atoms with Crippen LogP contribution in [0.5, 0.6) is 0 Å². The number of amides is 2. The minimum absolute atomic E-state index is 0.0772. The van der Waals surface area contributed by atoms with Gasteiger partial charge in [-0.1, -0.05) is 81.8 Å². The van der Waals surface area contributed by atoms with E-state index in [-0.39, 0.29) is 23.3 Å². The van der Waals surface area contributed by atoms with Gasteiger partial charge in [-0.05, 0) is 66.3 Å². The Balaban J connectivity index is 2.03. The summed E-state index contributed by atoms with van der Waals surface area (Å²) < 4.78 is 28.8. The molecule has 7 nitrogen and oxygen atoms in total. The average Bonchev–Trinajstić information content (AvgIpc) is 2.96. The van der Waals surface area contributed by atoms with Crippen LogP contribution in [0.15, 0.2) is 83.8 Å². The van der Waals surface area contributed by atoms with E-state index in [0.717, 1.165) is 21.9 Å². The van der Waals surface area contributed by atoms with E-state index in [1.807, 2.05) is 39.8 Å². The number of halogens is 1. The van der Waals surface area contributed by atoms with Crippen molar-refractivity contribution in [2.75, 3.05) is 17.4 Å². The Morgan fingerprint density at radius 2 is 1.48 bits per heavy atom. The van der Waals surface area contributed by atoms with Crippen LogP contribution in [0.4, 0.5) is 5.69 Å². The third kappa shape index (κ3) is 8.08. The second-order valence-corrected chi connectivity index (χ2v) is 12.4. The first-order valence-electron chi connectivity index (χ1n) is 13.5. The van der Waals surface area contributed by atoms with Gasteiger partial charge >= 0.3 is 0 Å². The van der Waals surface area contributed by atoms with Gasteiger partial charge in [0, 0.05) is 18.1 Å². The number of benzene rings is 3. The van der Waals surface area contributed by atoms with E-state index in [2.05, 4.69) is 5.32 Å². The van der Waals surface area contributed by atoms with Crippen LogP contribution >= 0.6 is 11.6 Å². The summed E-state index contributed by atoms with van der Waals surface area (Å²) in [5, 5.41) is 3.49. The second-order valence-electron chi connectivity index (χ2n) is 10.1. The second kappa shape index (κ2) is 14.3. The van der Waals surface area contributed by atoms with E-state index in [1.54, 1.807) is 54.6 Å². The van der Waals surface area contributed by atoms with Crippen molar-refractivity contribution in [1.82, 2.24) is 10.2 Å². The molecule has 0 aromatic heterocycles. The quantitative estimate of drug-likeness (QED) is 0.281. The summed E-state index contributed by atoms with van der Waals surface area (Å²) in [7, 11) is -4.09. The highest BCUT2D eigenvalue weighted by molar-refractivity contribution is 7.92. The number of carbonyl (C=O) groups excluding carboxylic acids is 2. The number of anilines is 1. The Bertz CT molecular complexity index is 1360. The molecule has 0 bridgehead atoms. The highest BCUT2D eigenvalue weighted by Gasteiger charge is 2.33. The molecule has 0 aliphatic heterocycles. The summed E-state index contributed by atoms with van der Waals surface area (Å²) in [6.07, 6.45) is 1.16. The van der Waals surface area contributed by atoms with Crippen LogP contribution in [-0.4, -0.2) is 44.3 Å². The van der Waals surface area contributed by atoms with Gasteiger partial charge < -0.3 is 10.2 Å². The molecule has 0 saturated heterocycles. The van der Waals surface area contributed by atoms with Crippen LogP contribution in [0.25, 0.3) is 0 Å². The minimum Gasteiger partial charge on any atom is -0.354 e. The summed E-state index contributed by atoms with van der Waals surface area (Å²) >= 11 is 6.07. The summed E-state index contributed by atoms with van der Waals surface area (Å²) in [6.45, 7) is 7.96. The Labute approximate surface area is 243 Å². The normalized spacial score (nSPS) is 12.2. The van der Waals surface area contributed by atoms with Gasteiger partial charge in [-0.2, -0.15) is 0 Å². The molecule has 0 spiro atoms. The number of hydrogen-bond donors (Lipinski definition) is 1. The van der Waals surface area contributed by atoms with Gasteiger partial charge in [0.1, 0.15) is 12.6 Å². The van der Waals surface area contributed by atoms with E-state index in [1.165, 1.54) is 17.0 Å². The maximum atomic E-state index is 14.1. The SMILES string of the molecule is CCc1ccc(N(CC(=O)N(Cc2ccc(Cl)cc2)[C@@H](CC)C(=O)NCC(C)C)S(=O)(=O)c2ccccc2)cc1. The number of rotatable bonds is 13. The molecule has 9 heteroatoms. The zero-order valence-electron chi connectivity index (χ0n) is 23.5. The molecular formula is C31H38ClN3O4S. The predicted molar refractivity (Wildman–Crippen MR) is 161 cm³/mol. The molecule has 3 rings (SSSR count). The zero-order chi connectivity index (χ0) is 29.3. The fraction of sp³-hybridized carbons (Fsp3) is 0.355. The van der Waals surface area contributed by atoms with Crippen molar-refractivity contribution in [3.05, 3.63) is 95.0 Å². The third-order valence-corrected chi connectivity index (χ3v) is 8.62. The lowest BCUT2D eigenvalue weighted by molar-refractivity contribution is -0.140.